The lowest BCUT2D eigenvalue weighted by Gasteiger charge is -2.31. The van der Waals surface area contributed by atoms with Crippen molar-refractivity contribution in [2.45, 2.75) is 36.8 Å². The van der Waals surface area contributed by atoms with Crippen LogP contribution in [0.15, 0.2) is 23.1 Å². The smallest absolute Gasteiger partial charge is 0.304 e. The highest BCUT2D eigenvalue weighted by molar-refractivity contribution is 7.91. The highest BCUT2D eigenvalue weighted by atomic mass is 32.2. The van der Waals surface area contributed by atoms with Crippen LogP contribution >= 0.6 is 0 Å². The second kappa shape index (κ2) is 6.76. The molecule has 3 nitrogen and oxygen atoms in total. The zero-order valence-corrected chi connectivity index (χ0v) is 13.6. The SMILES string of the molecule is CCN1CCC(c2cccc(S(=O)(=O)CC(F)(F)F)c2F)CC1. The van der Waals surface area contributed by atoms with Crippen LogP contribution in [0.25, 0.3) is 0 Å². The van der Waals surface area contributed by atoms with E-state index in [0.717, 1.165) is 25.7 Å². The van der Waals surface area contributed by atoms with Crippen LogP contribution in [0.5, 0.6) is 0 Å². The Morgan fingerprint density at radius 1 is 1.22 bits per heavy atom. The van der Waals surface area contributed by atoms with Crippen molar-refractivity contribution in [3.8, 4) is 0 Å². The van der Waals surface area contributed by atoms with E-state index in [0.29, 0.717) is 12.8 Å². The van der Waals surface area contributed by atoms with E-state index in [1.54, 1.807) is 0 Å². The van der Waals surface area contributed by atoms with Crippen molar-refractivity contribution in [3.05, 3.63) is 29.6 Å². The van der Waals surface area contributed by atoms with Gasteiger partial charge in [-0.2, -0.15) is 13.2 Å². The average molecular weight is 353 g/mol. The van der Waals surface area contributed by atoms with Gasteiger partial charge in [-0.15, -0.1) is 0 Å². The number of alkyl halides is 3. The fourth-order valence-electron chi connectivity index (χ4n) is 2.94. The Morgan fingerprint density at radius 3 is 2.35 bits per heavy atom. The summed E-state index contributed by atoms with van der Waals surface area (Å²) in [5.41, 5.74) is 0.198. The lowest BCUT2D eigenvalue weighted by molar-refractivity contribution is -0.106. The zero-order chi connectivity index (χ0) is 17.3. The largest absolute Gasteiger partial charge is 0.403 e. The number of nitrogens with zero attached hydrogens (tertiary/aromatic N) is 1. The van der Waals surface area contributed by atoms with Crippen molar-refractivity contribution in [1.82, 2.24) is 4.90 Å². The molecule has 130 valence electrons. The molecule has 1 aromatic carbocycles. The molecule has 0 unspecified atom stereocenters. The minimum absolute atomic E-state index is 0.168. The maximum Gasteiger partial charge on any atom is 0.403 e. The van der Waals surface area contributed by atoms with Gasteiger partial charge in [-0.3, -0.25) is 0 Å². The number of rotatable bonds is 4. The summed E-state index contributed by atoms with van der Waals surface area (Å²) >= 11 is 0. The average Bonchev–Trinajstić information content (AvgIpc) is 2.45. The standard InChI is InChI=1S/C15H19F4NO2S/c1-2-20-8-6-11(7-9-20)12-4-3-5-13(14(12)16)23(21,22)10-15(17,18)19/h3-5,11H,2,6-10H2,1H3. The number of hydrogen-bond donors (Lipinski definition) is 0. The molecule has 0 radical (unpaired) electrons. The summed E-state index contributed by atoms with van der Waals surface area (Å²) in [5.74, 6) is -3.25. The van der Waals surface area contributed by atoms with Crippen molar-refractivity contribution >= 4 is 9.84 Å². The fourth-order valence-corrected chi connectivity index (χ4v) is 4.20. The molecule has 0 spiro atoms. The minimum Gasteiger partial charge on any atom is -0.304 e. The molecular weight excluding hydrogens is 334 g/mol. The van der Waals surface area contributed by atoms with Gasteiger partial charge in [0.2, 0.25) is 0 Å². The summed E-state index contributed by atoms with van der Waals surface area (Å²) in [4.78, 5) is 1.34. The lowest BCUT2D eigenvalue weighted by atomic mass is 9.89. The molecule has 1 aliphatic heterocycles. The van der Waals surface area contributed by atoms with Gasteiger partial charge < -0.3 is 4.90 Å². The lowest BCUT2D eigenvalue weighted by Crippen LogP contribution is -2.33. The molecule has 1 saturated heterocycles. The summed E-state index contributed by atoms with van der Waals surface area (Å²) in [6, 6.07) is 3.68. The van der Waals surface area contributed by atoms with E-state index in [2.05, 4.69) is 4.90 Å². The van der Waals surface area contributed by atoms with Crippen LogP contribution in [0.3, 0.4) is 0 Å². The molecule has 0 aromatic heterocycles. The molecule has 0 saturated carbocycles. The predicted molar refractivity (Wildman–Crippen MR) is 78.6 cm³/mol. The van der Waals surface area contributed by atoms with E-state index in [1.807, 2.05) is 6.92 Å². The van der Waals surface area contributed by atoms with Crippen LogP contribution in [-0.4, -0.2) is 44.9 Å². The third-order valence-electron chi connectivity index (χ3n) is 4.16. The van der Waals surface area contributed by atoms with Gasteiger partial charge >= 0.3 is 6.18 Å². The second-order valence-electron chi connectivity index (χ2n) is 5.74. The molecule has 23 heavy (non-hydrogen) atoms. The first kappa shape index (κ1) is 18.2. The van der Waals surface area contributed by atoms with Gasteiger partial charge in [-0.25, -0.2) is 12.8 Å². The number of likely N-dealkylation sites (tertiary alicyclic amines) is 1. The minimum atomic E-state index is -4.90. The molecule has 1 fully saturated rings. The van der Waals surface area contributed by atoms with Gasteiger partial charge in [0.25, 0.3) is 0 Å². The molecule has 1 aliphatic rings. The Balaban J connectivity index is 2.29. The normalized spacial score (nSPS) is 18.3. The molecule has 0 atom stereocenters. The van der Waals surface area contributed by atoms with Gasteiger partial charge in [-0.05, 0) is 50.0 Å². The van der Waals surface area contributed by atoms with Gasteiger partial charge in [0.15, 0.2) is 15.6 Å². The Kier molecular flexibility index (Phi) is 5.35. The van der Waals surface area contributed by atoms with E-state index in [9.17, 15) is 26.0 Å². The van der Waals surface area contributed by atoms with Crippen LogP contribution in [0.4, 0.5) is 17.6 Å². The van der Waals surface area contributed by atoms with Crippen molar-refractivity contribution in [3.63, 3.8) is 0 Å². The first-order valence-corrected chi connectivity index (χ1v) is 9.09. The van der Waals surface area contributed by atoms with Crippen LogP contribution in [-0.2, 0) is 9.84 Å². The monoisotopic (exact) mass is 353 g/mol. The van der Waals surface area contributed by atoms with Gasteiger partial charge in [0.1, 0.15) is 10.7 Å². The number of hydrogen-bond acceptors (Lipinski definition) is 3. The topological polar surface area (TPSA) is 37.4 Å². The van der Waals surface area contributed by atoms with Crippen molar-refractivity contribution in [2.75, 3.05) is 25.4 Å². The Hall–Kier alpha value is -1.15. The maximum absolute atomic E-state index is 14.5. The number of piperidine rings is 1. The van der Waals surface area contributed by atoms with Gasteiger partial charge in [-0.1, -0.05) is 19.1 Å². The van der Waals surface area contributed by atoms with E-state index < -0.39 is 32.5 Å². The van der Waals surface area contributed by atoms with E-state index >= 15 is 0 Å². The summed E-state index contributed by atoms with van der Waals surface area (Å²) in [6.45, 7) is 4.43. The van der Waals surface area contributed by atoms with Crippen LogP contribution in [0.2, 0.25) is 0 Å². The van der Waals surface area contributed by atoms with Gasteiger partial charge in [0.05, 0.1) is 0 Å². The van der Waals surface area contributed by atoms with Crippen molar-refractivity contribution in [2.24, 2.45) is 0 Å². The Labute approximate surface area is 133 Å². The van der Waals surface area contributed by atoms with Crippen LogP contribution < -0.4 is 0 Å². The summed E-state index contributed by atoms with van der Waals surface area (Å²) in [5, 5.41) is 0. The van der Waals surface area contributed by atoms with E-state index in [4.69, 9.17) is 0 Å². The summed E-state index contributed by atoms with van der Waals surface area (Å²) in [6.07, 6.45) is -3.57. The molecule has 0 N–H and O–H groups in total. The molecule has 0 aliphatic carbocycles. The van der Waals surface area contributed by atoms with Crippen molar-refractivity contribution in [1.29, 1.82) is 0 Å². The molecule has 1 heterocycles. The van der Waals surface area contributed by atoms with Crippen molar-refractivity contribution < 1.29 is 26.0 Å². The fraction of sp³-hybridized carbons (Fsp3) is 0.600. The number of halogens is 4. The van der Waals surface area contributed by atoms with E-state index in [1.165, 1.54) is 12.1 Å². The Morgan fingerprint density at radius 2 is 1.83 bits per heavy atom. The highest BCUT2D eigenvalue weighted by Crippen LogP contribution is 2.33. The Bertz CT molecular complexity index is 650. The first-order chi connectivity index (χ1) is 10.6. The van der Waals surface area contributed by atoms with Gasteiger partial charge in [0, 0.05) is 0 Å². The second-order valence-corrected chi connectivity index (χ2v) is 7.70. The molecule has 0 amide bonds. The van der Waals surface area contributed by atoms with E-state index in [-0.39, 0.29) is 11.5 Å². The zero-order valence-electron chi connectivity index (χ0n) is 12.7. The summed E-state index contributed by atoms with van der Waals surface area (Å²) in [7, 11) is -4.74. The number of sulfone groups is 1. The highest BCUT2D eigenvalue weighted by Gasteiger charge is 2.38. The molecule has 8 heteroatoms. The first-order valence-electron chi connectivity index (χ1n) is 7.44. The molecule has 2 rings (SSSR count). The molecule has 0 bridgehead atoms. The third kappa shape index (κ3) is 4.44. The predicted octanol–water partition coefficient (Wildman–Crippen LogP) is 3.36. The maximum atomic E-state index is 14.5. The number of benzene rings is 1. The summed E-state index contributed by atoms with van der Waals surface area (Å²) < 4.78 is 75.4. The van der Waals surface area contributed by atoms with Crippen LogP contribution in [0, 0.1) is 5.82 Å². The van der Waals surface area contributed by atoms with Crippen LogP contribution in [0.1, 0.15) is 31.2 Å². The third-order valence-corrected chi connectivity index (χ3v) is 5.85. The quantitative estimate of drug-likeness (QED) is 0.779. The molecule has 1 aromatic rings. The molecular formula is C15H19F4NO2S.